The molecule has 0 aromatic heterocycles. The van der Waals surface area contributed by atoms with Crippen molar-refractivity contribution in [1.29, 1.82) is 0 Å². The first-order chi connectivity index (χ1) is 14.4. The normalized spacial score (nSPS) is 18.2. The number of rotatable bonds is 7. The minimum atomic E-state index is -0.796. The lowest BCUT2D eigenvalue weighted by atomic mass is 9.94. The van der Waals surface area contributed by atoms with Crippen LogP contribution < -0.4 is 9.47 Å². The molecule has 0 saturated carbocycles. The molecule has 0 unspecified atom stereocenters. The number of Topliss-reactive ketones (excluding diaryl/α,β-unsaturated/α-hetero) is 1. The van der Waals surface area contributed by atoms with Gasteiger partial charge in [0.1, 0.15) is 17.3 Å². The number of methoxy groups -OCH3 is 2. The van der Waals surface area contributed by atoms with Crippen LogP contribution in [0.15, 0.2) is 54.1 Å². The van der Waals surface area contributed by atoms with Crippen LogP contribution in [0.5, 0.6) is 11.5 Å². The summed E-state index contributed by atoms with van der Waals surface area (Å²) in [7, 11) is 6.84. The topological polar surface area (TPSA) is 79.3 Å². The van der Waals surface area contributed by atoms with Crippen molar-refractivity contribution in [2.24, 2.45) is 0 Å². The summed E-state index contributed by atoms with van der Waals surface area (Å²) < 4.78 is 10.9. The van der Waals surface area contributed by atoms with E-state index in [0.29, 0.717) is 35.7 Å². The van der Waals surface area contributed by atoms with E-state index in [2.05, 4.69) is 0 Å². The maximum absolute atomic E-state index is 13.0. The van der Waals surface area contributed by atoms with Crippen molar-refractivity contribution < 1.29 is 24.2 Å². The number of carbonyl (C=O) groups excluding carboxylic acids is 2. The molecule has 1 atom stereocenters. The van der Waals surface area contributed by atoms with Crippen LogP contribution >= 0.6 is 0 Å². The molecule has 3 rings (SSSR count). The minimum absolute atomic E-state index is 0.0384. The Kier molecular flexibility index (Phi) is 6.42. The molecule has 0 bridgehead atoms. The number of aliphatic hydroxyl groups excluding tert-OH is 1. The Hall–Kier alpha value is -3.32. The highest BCUT2D eigenvalue weighted by Gasteiger charge is 2.47. The van der Waals surface area contributed by atoms with Gasteiger partial charge in [0.25, 0.3) is 11.7 Å². The number of likely N-dealkylation sites (N-methyl/N-ethyl adjacent to an activating group) is 1. The second kappa shape index (κ2) is 9.00. The molecule has 1 N–H and O–H groups in total. The number of likely N-dealkylation sites (tertiary alicyclic amines) is 1. The van der Waals surface area contributed by atoms with Crippen molar-refractivity contribution in [2.75, 3.05) is 41.4 Å². The Morgan fingerprint density at radius 3 is 2.37 bits per heavy atom. The number of aliphatic hydroxyl groups is 1. The maximum Gasteiger partial charge on any atom is 0.295 e. The summed E-state index contributed by atoms with van der Waals surface area (Å²) in [6, 6.07) is 13.1. The Bertz CT molecular complexity index is 969. The van der Waals surface area contributed by atoms with Gasteiger partial charge in [-0.15, -0.1) is 0 Å². The molecule has 1 aliphatic heterocycles. The van der Waals surface area contributed by atoms with Gasteiger partial charge < -0.3 is 24.4 Å². The first kappa shape index (κ1) is 21.4. The van der Waals surface area contributed by atoms with E-state index in [1.54, 1.807) is 49.6 Å². The standard InChI is InChI=1S/C23H26N2O5/c1-24(2)12-13-25-20(17-14-16(29-3)10-11-18(17)30-4)19(22(27)23(25)28)21(26)15-8-6-5-7-9-15/h5-11,14,20,26H,12-13H2,1-4H3/b21-19+/t20-/m0/s1. The summed E-state index contributed by atoms with van der Waals surface area (Å²) in [5, 5.41) is 11.0. The predicted molar refractivity (Wildman–Crippen MR) is 114 cm³/mol. The average molecular weight is 410 g/mol. The zero-order chi connectivity index (χ0) is 21.8. The van der Waals surface area contributed by atoms with Gasteiger partial charge in [-0.3, -0.25) is 9.59 Å². The number of benzene rings is 2. The van der Waals surface area contributed by atoms with Crippen molar-refractivity contribution in [1.82, 2.24) is 9.80 Å². The number of hydrogen-bond donors (Lipinski definition) is 1. The number of hydrogen-bond acceptors (Lipinski definition) is 6. The molecule has 0 spiro atoms. The smallest absolute Gasteiger partial charge is 0.295 e. The highest BCUT2D eigenvalue weighted by Crippen LogP contribution is 2.43. The maximum atomic E-state index is 13.0. The lowest BCUT2D eigenvalue weighted by Gasteiger charge is -2.28. The Morgan fingerprint density at radius 1 is 1.07 bits per heavy atom. The van der Waals surface area contributed by atoms with Gasteiger partial charge in [0.05, 0.1) is 25.8 Å². The molecule has 7 heteroatoms. The summed E-state index contributed by atoms with van der Waals surface area (Å²) in [4.78, 5) is 29.4. The molecule has 30 heavy (non-hydrogen) atoms. The first-order valence-corrected chi connectivity index (χ1v) is 9.59. The minimum Gasteiger partial charge on any atom is -0.507 e. The molecule has 2 aromatic rings. The van der Waals surface area contributed by atoms with Gasteiger partial charge in [0.15, 0.2) is 0 Å². The van der Waals surface area contributed by atoms with Gasteiger partial charge >= 0.3 is 0 Å². The van der Waals surface area contributed by atoms with Crippen LogP contribution in [-0.4, -0.2) is 68.0 Å². The van der Waals surface area contributed by atoms with Gasteiger partial charge in [-0.2, -0.15) is 0 Å². The SMILES string of the molecule is COc1ccc(OC)c([C@H]2/C(=C(\O)c3ccccc3)C(=O)C(=O)N2CCN(C)C)c1. The van der Waals surface area contributed by atoms with Crippen LogP contribution in [0.25, 0.3) is 5.76 Å². The van der Waals surface area contributed by atoms with Gasteiger partial charge in [0.2, 0.25) is 0 Å². The number of ketones is 1. The van der Waals surface area contributed by atoms with Crippen LogP contribution in [0.3, 0.4) is 0 Å². The van der Waals surface area contributed by atoms with E-state index in [4.69, 9.17) is 9.47 Å². The second-order valence-electron chi connectivity index (χ2n) is 7.27. The number of carbonyl (C=O) groups is 2. The molecular formula is C23H26N2O5. The largest absolute Gasteiger partial charge is 0.507 e. The lowest BCUT2D eigenvalue weighted by Crippen LogP contribution is -2.35. The Morgan fingerprint density at radius 2 is 1.77 bits per heavy atom. The van der Waals surface area contributed by atoms with E-state index >= 15 is 0 Å². The van der Waals surface area contributed by atoms with Crippen LogP contribution in [-0.2, 0) is 9.59 Å². The molecule has 1 heterocycles. The third-order valence-electron chi connectivity index (χ3n) is 5.11. The quantitative estimate of drug-likeness (QED) is 0.430. The van der Waals surface area contributed by atoms with Crippen LogP contribution in [0.1, 0.15) is 17.2 Å². The molecule has 1 amide bonds. The van der Waals surface area contributed by atoms with Crippen LogP contribution in [0.2, 0.25) is 0 Å². The Balaban J connectivity index is 2.23. The second-order valence-corrected chi connectivity index (χ2v) is 7.27. The number of nitrogens with zero attached hydrogens (tertiary/aromatic N) is 2. The van der Waals surface area contributed by atoms with Gasteiger partial charge in [0, 0.05) is 24.2 Å². The van der Waals surface area contributed by atoms with E-state index in [-0.39, 0.29) is 11.3 Å². The molecule has 1 aliphatic rings. The third-order valence-corrected chi connectivity index (χ3v) is 5.11. The van der Waals surface area contributed by atoms with Crippen LogP contribution in [0.4, 0.5) is 0 Å². The van der Waals surface area contributed by atoms with Crippen molar-refractivity contribution in [3.8, 4) is 11.5 Å². The molecule has 2 aromatic carbocycles. The zero-order valence-electron chi connectivity index (χ0n) is 17.6. The summed E-state index contributed by atoms with van der Waals surface area (Å²) in [6.07, 6.45) is 0. The third kappa shape index (κ3) is 4.02. The van der Waals surface area contributed by atoms with Crippen molar-refractivity contribution in [2.45, 2.75) is 6.04 Å². The monoisotopic (exact) mass is 410 g/mol. The predicted octanol–water partition coefficient (Wildman–Crippen LogP) is 2.69. The van der Waals surface area contributed by atoms with Gasteiger partial charge in [-0.05, 0) is 32.3 Å². The van der Waals surface area contributed by atoms with E-state index < -0.39 is 17.7 Å². The van der Waals surface area contributed by atoms with E-state index in [0.717, 1.165) is 0 Å². The lowest BCUT2D eigenvalue weighted by molar-refractivity contribution is -0.140. The Labute approximate surface area is 176 Å². The summed E-state index contributed by atoms with van der Waals surface area (Å²) >= 11 is 0. The molecule has 0 radical (unpaired) electrons. The fourth-order valence-electron chi connectivity index (χ4n) is 3.55. The molecule has 158 valence electrons. The zero-order valence-corrected chi connectivity index (χ0v) is 17.6. The summed E-state index contributed by atoms with van der Waals surface area (Å²) in [5.41, 5.74) is 1.08. The summed E-state index contributed by atoms with van der Waals surface area (Å²) in [6.45, 7) is 0.870. The van der Waals surface area contributed by atoms with Crippen molar-refractivity contribution in [3.05, 3.63) is 65.2 Å². The van der Waals surface area contributed by atoms with Crippen molar-refractivity contribution in [3.63, 3.8) is 0 Å². The molecule has 0 aliphatic carbocycles. The van der Waals surface area contributed by atoms with E-state index in [9.17, 15) is 14.7 Å². The van der Waals surface area contributed by atoms with Crippen molar-refractivity contribution >= 4 is 17.4 Å². The fourth-order valence-corrected chi connectivity index (χ4v) is 3.55. The van der Waals surface area contributed by atoms with Gasteiger partial charge in [-0.25, -0.2) is 0 Å². The molecule has 7 nitrogen and oxygen atoms in total. The highest BCUT2D eigenvalue weighted by atomic mass is 16.5. The van der Waals surface area contributed by atoms with E-state index in [1.165, 1.54) is 12.0 Å². The number of ether oxygens (including phenoxy) is 2. The number of amides is 1. The van der Waals surface area contributed by atoms with Gasteiger partial charge in [-0.1, -0.05) is 30.3 Å². The molecule has 1 fully saturated rings. The molecular weight excluding hydrogens is 384 g/mol. The van der Waals surface area contributed by atoms with Crippen LogP contribution in [0, 0.1) is 0 Å². The summed E-state index contributed by atoms with van der Waals surface area (Å²) in [5.74, 6) is -0.523. The average Bonchev–Trinajstić information content (AvgIpc) is 3.01. The highest BCUT2D eigenvalue weighted by molar-refractivity contribution is 6.46. The molecule has 1 saturated heterocycles. The van der Waals surface area contributed by atoms with E-state index in [1.807, 2.05) is 25.1 Å². The first-order valence-electron chi connectivity index (χ1n) is 9.59. The fraction of sp³-hybridized carbons (Fsp3) is 0.304.